The summed E-state index contributed by atoms with van der Waals surface area (Å²) in [6.45, 7) is 7.14. The quantitative estimate of drug-likeness (QED) is 0.584. The predicted octanol–water partition coefficient (Wildman–Crippen LogP) is 3.97. The normalized spacial score (nSPS) is 27.2. The highest BCUT2D eigenvalue weighted by Gasteiger charge is 2.50. The van der Waals surface area contributed by atoms with Gasteiger partial charge in [0.25, 0.3) is 5.91 Å². The van der Waals surface area contributed by atoms with Crippen molar-refractivity contribution in [2.75, 3.05) is 13.2 Å². The molecule has 0 unspecified atom stereocenters. The number of aromatic nitrogens is 1. The summed E-state index contributed by atoms with van der Waals surface area (Å²) in [4.78, 5) is 30.5. The number of rotatable bonds is 3. The lowest BCUT2D eigenvalue weighted by atomic mass is 9.65. The Kier molecular flexibility index (Phi) is 4.75. The average molecular weight is 385 g/mol. The molecule has 2 aliphatic rings. The zero-order chi connectivity index (χ0) is 18.4. The summed E-state index contributed by atoms with van der Waals surface area (Å²) in [5.41, 5.74) is 0.293. The first kappa shape index (κ1) is 18.5. The zero-order valence-corrected chi connectivity index (χ0v) is 16.2. The second-order valence-electron chi connectivity index (χ2n) is 8.28. The van der Waals surface area contributed by atoms with Gasteiger partial charge in [0.1, 0.15) is 5.15 Å². The van der Waals surface area contributed by atoms with Crippen molar-refractivity contribution in [3.05, 3.63) is 28.0 Å². The minimum absolute atomic E-state index is 0.0739. The van der Waals surface area contributed by atoms with E-state index in [2.05, 4.69) is 25.8 Å². The number of amides is 1. The Balaban J connectivity index is 1.64. The van der Waals surface area contributed by atoms with Crippen molar-refractivity contribution in [3.8, 4) is 0 Å². The van der Waals surface area contributed by atoms with Crippen molar-refractivity contribution in [1.29, 1.82) is 0 Å². The summed E-state index contributed by atoms with van der Waals surface area (Å²) < 4.78 is 5.14. The molecule has 0 spiro atoms. The average Bonchev–Trinajstić information content (AvgIpc) is 2.76. The van der Waals surface area contributed by atoms with Gasteiger partial charge in [0.05, 0.1) is 5.02 Å². The second kappa shape index (κ2) is 6.44. The molecule has 1 aromatic rings. The number of carbonyl (C=O) groups is 2. The topological polar surface area (TPSA) is 59.5 Å². The number of nitrogens with zero attached hydrogens (tertiary/aromatic N) is 2. The summed E-state index contributed by atoms with van der Waals surface area (Å²) in [6.07, 6.45) is 3.09. The Hall–Kier alpha value is -1.33. The van der Waals surface area contributed by atoms with Crippen LogP contribution in [0.2, 0.25) is 10.2 Å². The molecule has 1 aromatic heterocycles. The molecule has 0 N–H and O–H groups in total. The molecule has 2 bridgehead atoms. The molecule has 0 radical (unpaired) electrons. The maximum Gasteiger partial charge on any atom is 0.359 e. The maximum absolute atomic E-state index is 12.6. The van der Waals surface area contributed by atoms with E-state index in [4.69, 9.17) is 27.9 Å². The van der Waals surface area contributed by atoms with Gasteiger partial charge >= 0.3 is 5.97 Å². The van der Waals surface area contributed by atoms with Crippen molar-refractivity contribution < 1.29 is 14.3 Å². The lowest BCUT2D eigenvalue weighted by molar-refractivity contribution is -0.135. The first-order valence-corrected chi connectivity index (χ1v) is 9.13. The molecule has 1 amide bonds. The number of fused-ring (bicyclic) bond motifs is 2. The predicted molar refractivity (Wildman–Crippen MR) is 95.8 cm³/mol. The van der Waals surface area contributed by atoms with Gasteiger partial charge in [0.2, 0.25) is 0 Å². The van der Waals surface area contributed by atoms with Crippen LogP contribution in [0.1, 0.15) is 50.5 Å². The third-order valence-electron chi connectivity index (χ3n) is 5.07. The van der Waals surface area contributed by atoms with E-state index >= 15 is 0 Å². The fourth-order valence-corrected chi connectivity index (χ4v) is 4.92. The molecular weight excluding hydrogens is 363 g/mol. The fraction of sp³-hybridized carbons (Fsp3) is 0.611. The SMILES string of the molecule is CC1(C)C[C@H]2C[C@](C)(CN2C(=O)COC(=O)c2nc(Cl)ccc2Cl)C1. The van der Waals surface area contributed by atoms with Crippen LogP contribution in [0.3, 0.4) is 0 Å². The van der Waals surface area contributed by atoms with Gasteiger partial charge in [-0.3, -0.25) is 4.79 Å². The van der Waals surface area contributed by atoms with E-state index in [-0.39, 0.29) is 45.3 Å². The molecule has 3 rings (SSSR count). The van der Waals surface area contributed by atoms with Crippen molar-refractivity contribution in [1.82, 2.24) is 9.88 Å². The third kappa shape index (κ3) is 3.93. The van der Waals surface area contributed by atoms with Crippen molar-refractivity contribution >= 4 is 35.1 Å². The molecule has 25 heavy (non-hydrogen) atoms. The van der Waals surface area contributed by atoms with Crippen LogP contribution in [-0.2, 0) is 9.53 Å². The van der Waals surface area contributed by atoms with Crippen LogP contribution in [0, 0.1) is 10.8 Å². The largest absolute Gasteiger partial charge is 0.451 e. The van der Waals surface area contributed by atoms with Crippen LogP contribution in [0.5, 0.6) is 0 Å². The summed E-state index contributed by atoms with van der Waals surface area (Å²) in [7, 11) is 0. The molecule has 2 heterocycles. The molecule has 7 heteroatoms. The van der Waals surface area contributed by atoms with Gasteiger partial charge in [0, 0.05) is 12.6 Å². The number of carbonyl (C=O) groups excluding carboxylic acids is 2. The number of halogens is 2. The van der Waals surface area contributed by atoms with E-state index < -0.39 is 5.97 Å². The van der Waals surface area contributed by atoms with Crippen LogP contribution in [0.15, 0.2) is 12.1 Å². The van der Waals surface area contributed by atoms with Crippen molar-refractivity contribution in [2.45, 2.75) is 46.1 Å². The molecule has 1 saturated carbocycles. The van der Waals surface area contributed by atoms with E-state index in [0.717, 1.165) is 19.3 Å². The monoisotopic (exact) mass is 384 g/mol. The van der Waals surface area contributed by atoms with Crippen LogP contribution in [0.25, 0.3) is 0 Å². The third-order valence-corrected chi connectivity index (χ3v) is 5.58. The smallest absolute Gasteiger partial charge is 0.359 e. The highest BCUT2D eigenvalue weighted by atomic mass is 35.5. The van der Waals surface area contributed by atoms with Crippen LogP contribution in [-0.4, -0.2) is 41.0 Å². The molecule has 1 aliphatic carbocycles. The molecule has 2 fully saturated rings. The fourth-order valence-electron chi connectivity index (χ4n) is 4.59. The first-order chi connectivity index (χ1) is 11.6. The standard InChI is InChI=1S/C18H22Cl2N2O3/c1-17(2)6-11-7-18(3,9-17)10-22(11)14(23)8-25-16(24)15-12(19)4-5-13(20)21-15/h4-5,11H,6-10H2,1-3H3/t11-,18-/m0/s1. The number of esters is 1. The Morgan fingerprint density at radius 2 is 2.00 bits per heavy atom. The number of hydrogen-bond donors (Lipinski definition) is 0. The molecule has 2 atom stereocenters. The number of likely N-dealkylation sites (tertiary alicyclic amines) is 1. The highest BCUT2D eigenvalue weighted by Crippen LogP contribution is 2.52. The zero-order valence-electron chi connectivity index (χ0n) is 14.6. The van der Waals surface area contributed by atoms with Gasteiger partial charge in [-0.05, 0) is 42.2 Å². The molecule has 136 valence electrons. The van der Waals surface area contributed by atoms with Gasteiger partial charge < -0.3 is 9.64 Å². The minimum atomic E-state index is -0.741. The summed E-state index contributed by atoms with van der Waals surface area (Å²) >= 11 is 11.7. The number of pyridine rings is 1. The Bertz CT molecular complexity index is 722. The first-order valence-electron chi connectivity index (χ1n) is 8.37. The van der Waals surface area contributed by atoms with E-state index in [1.807, 2.05) is 4.90 Å². The van der Waals surface area contributed by atoms with Crippen molar-refractivity contribution in [2.24, 2.45) is 10.8 Å². The van der Waals surface area contributed by atoms with Crippen molar-refractivity contribution in [3.63, 3.8) is 0 Å². The van der Waals surface area contributed by atoms with E-state index in [9.17, 15) is 9.59 Å². The summed E-state index contributed by atoms with van der Waals surface area (Å²) in [5, 5.41) is 0.291. The highest BCUT2D eigenvalue weighted by molar-refractivity contribution is 6.34. The van der Waals surface area contributed by atoms with Gasteiger partial charge in [-0.25, -0.2) is 9.78 Å². The maximum atomic E-state index is 12.6. The molecule has 5 nitrogen and oxygen atoms in total. The van der Waals surface area contributed by atoms with Gasteiger partial charge in [-0.1, -0.05) is 44.0 Å². The molecule has 1 aliphatic heterocycles. The van der Waals surface area contributed by atoms with E-state index in [0.29, 0.717) is 6.54 Å². The van der Waals surface area contributed by atoms with Gasteiger partial charge in [0.15, 0.2) is 12.3 Å². The number of ether oxygens (including phenoxy) is 1. The Morgan fingerprint density at radius 1 is 1.28 bits per heavy atom. The minimum Gasteiger partial charge on any atom is -0.451 e. The van der Waals surface area contributed by atoms with Crippen LogP contribution in [0.4, 0.5) is 0 Å². The van der Waals surface area contributed by atoms with E-state index in [1.54, 1.807) is 0 Å². The van der Waals surface area contributed by atoms with Crippen LogP contribution >= 0.6 is 23.2 Å². The lowest BCUT2D eigenvalue weighted by Gasteiger charge is -2.39. The lowest BCUT2D eigenvalue weighted by Crippen LogP contribution is -2.39. The van der Waals surface area contributed by atoms with E-state index in [1.165, 1.54) is 12.1 Å². The van der Waals surface area contributed by atoms with Gasteiger partial charge in [-0.2, -0.15) is 0 Å². The molecule has 0 aromatic carbocycles. The summed E-state index contributed by atoms with van der Waals surface area (Å²) in [5.74, 6) is -0.910. The Morgan fingerprint density at radius 3 is 2.72 bits per heavy atom. The van der Waals surface area contributed by atoms with Gasteiger partial charge in [-0.15, -0.1) is 0 Å². The Labute approximate surface area is 157 Å². The molecular formula is C18H22Cl2N2O3. The molecule has 1 saturated heterocycles. The summed E-state index contributed by atoms with van der Waals surface area (Å²) in [6, 6.07) is 3.17. The second-order valence-corrected chi connectivity index (χ2v) is 9.07. The van der Waals surface area contributed by atoms with Crippen LogP contribution < -0.4 is 0 Å². The number of hydrogen-bond acceptors (Lipinski definition) is 4.